The van der Waals surface area contributed by atoms with Gasteiger partial charge in [-0.15, -0.1) is 0 Å². The van der Waals surface area contributed by atoms with Gasteiger partial charge in [0.15, 0.2) is 12.4 Å². The lowest BCUT2D eigenvalue weighted by atomic mass is 10.2. The lowest BCUT2D eigenvalue weighted by Gasteiger charge is -2.20. The van der Waals surface area contributed by atoms with Gasteiger partial charge in [-0.1, -0.05) is 22.0 Å². The number of ether oxygens (including phenoxy) is 2. The minimum Gasteiger partial charge on any atom is -0.481 e. The van der Waals surface area contributed by atoms with Gasteiger partial charge in [-0.25, -0.2) is 0 Å². The summed E-state index contributed by atoms with van der Waals surface area (Å²) in [6.45, 7) is -0.00171. The van der Waals surface area contributed by atoms with Crippen LogP contribution in [0.5, 0.6) is 17.2 Å². The molecule has 0 aromatic heterocycles. The van der Waals surface area contributed by atoms with Crippen molar-refractivity contribution in [1.82, 2.24) is 0 Å². The van der Waals surface area contributed by atoms with Crippen molar-refractivity contribution in [2.75, 3.05) is 17.7 Å². The quantitative estimate of drug-likeness (QED) is 0.827. The zero-order valence-electron chi connectivity index (χ0n) is 10.4. The number of carbonyl (C=O) groups is 1. The molecule has 20 heavy (non-hydrogen) atoms. The van der Waals surface area contributed by atoms with E-state index < -0.39 is 0 Å². The molecule has 102 valence electrons. The van der Waals surface area contributed by atoms with Gasteiger partial charge < -0.3 is 20.5 Å². The lowest BCUT2D eigenvalue weighted by molar-refractivity contribution is -0.118. The second-order valence-electron chi connectivity index (χ2n) is 4.28. The first kappa shape index (κ1) is 12.8. The lowest BCUT2D eigenvalue weighted by Crippen LogP contribution is -2.25. The Labute approximate surface area is 123 Å². The Morgan fingerprint density at radius 1 is 1.30 bits per heavy atom. The molecule has 2 aromatic carbocycles. The first-order chi connectivity index (χ1) is 9.61. The molecule has 3 N–H and O–H groups in total. The highest BCUT2D eigenvalue weighted by Gasteiger charge is 2.18. The summed E-state index contributed by atoms with van der Waals surface area (Å²) in [6.07, 6.45) is 0. The number of hydrogen-bond acceptors (Lipinski definition) is 4. The van der Waals surface area contributed by atoms with Gasteiger partial charge in [0.1, 0.15) is 11.5 Å². The van der Waals surface area contributed by atoms with Gasteiger partial charge in [0.25, 0.3) is 5.91 Å². The zero-order valence-corrected chi connectivity index (χ0v) is 11.9. The Bertz CT molecular complexity index is 688. The first-order valence-corrected chi connectivity index (χ1v) is 6.71. The van der Waals surface area contributed by atoms with Crippen LogP contribution in [-0.2, 0) is 4.79 Å². The molecular formula is C14H11BrN2O3. The molecule has 0 unspecified atom stereocenters. The summed E-state index contributed by atoms with van der Waals surface area (Å²) in [5.41, 5.74) is 6.94. The molecule has 5 nitrogen and oxygen atoms in total. The number of nitrogen functional groups attached to an aromatic ring is 1. The molecular weight excluding hydrogens is 324 g/mol. The van der Waals surface area contributed by atoms with E-state index in [1.54, 1.807) is 12.1 Å². The predicted molar refractivity (Wildman–Crippen MR) is 79.2 cm³/mol. The van der Waals surface area contributed by atoms with Gasteiger partial charge in [-0.05, 0) is 18.2 Å². The number of amides is 1. The number of fused-ring (bicyclic) bond motifs is 1. The smallest absolute Gasteiger partial charge is 0.262 e. The molecule has 1 aliphatic rings. The fourth-order valence-electron chi connectivity index (χ4n) is 1.87. The summed E-state index contributed by atoms with van der Waals surface area (Å²) in [7, 11) is 0. The number of carbonyl (C=O) groups excluding carboxylic acids is 1. The Morgan fingerprint density at radius 3 is 2.95 bits per heavy atom. The summed E-state index contributed by atoms with van der Waals surface area (Å²) >= 11 is 3.37. The number of rotatable bonds is 2. The first-order valence-electron chi connectivity index (χ1n) is 5.91. The van der Waals surface area contributed by atoms with E-state index in [4.69, 9.17) is 15.2 Å². The van der Waals surface area contributed by atoms with Crippen LogP contribution in [0.15, 0.2) is 40.9 Å². The molecule has 1 heterocycles. The summed E-state index contributed by atoms with van der Waals surface area (Å²) in [5.74, 6) is 1.46. The van der Waals surface area contributed by atoms with Gasteiger partial charge in [-0.3, -0.25) is 4.79 Å². The Balaban J connectivity index is 1.94. The third kappa shape index (κ3) is 2.55. The molecule has 1 aliphatic heterocycles. The maximum absolute atomic E-state index is 11.3. The van der Waals surface area contributed by atoms with Crippen LogP contribution in [0.2, 0.25) is 0 Å². The number of anilines is 2. The predicted octanol–water partition coefficient (Wildman–Crippen LogP) is 3.15. The van der Waals surface area contributed by atoms with Crippen LogP contribution in [-0.4, -0.2) is 12.5 Å². The Kier molecular flexibility index (Phi) is 3.23. The zero-order chi connectivity index (χ0) is 14.1. The summed E-state index contributed by atoms with van der Waals surface area (Å²) in [5, 5.41) is 2.72. The minimum absolute atomic E-state index is 0.00171. The molecule has 0 radical (unpaired) electrons. The Hall–Kier alpha value is -2.21. The average Bonchev–Trinajstić information content (AvgIpc) is 2.40. The van der Waals surface area contributed by atoms with Gasteiger partial charge >= 0.3 is 0 Å². The highest BCUT2D eigenvalue weighted by molar-refractivity contribution is 9.10. The molecule has 0 bridgehead atoms. The van der Waals surface area contributed by atoms with Crippen molar-refractivity contribution in [2.24, 2.45) is 0 Å². The van der Waals surface area contributed by atoms with Crippen LogP contribution in [0.4, 0.5) is 11.4 Å². The SMILES string of the molecule is Nc1cc2c(cc1Oc1cccc(Br)c1)NC(=O)CO2. The van der Waals surface area contributed by atoms with E-state index in [1.807, 2.05) is 24.3 Å². The number of nitrogens with two attached hydrogens (primary N) is 1. The third-order valence-electron chi connectivity index (χ3n) is 2.77. The van der Waals surface area contributed by atoms with Crippen LogP contribution in [0.3, 0.4) is 0 Å². The van der Waals surface area contributed by atoms with Crippen LogP contribution in [0.25, 0.3) is 0 Å². The molecule has 0 saturated carbocycles. The van der Waals surface area contributed by atoms with Gasteiger partial charge in [0.05, 0.1) is 11.4 Å². The summed E-state index contributed by atoms with van der Waals surface area (Å²) in [6, 6.07) is 10.7. The topological polar surface area (TPSA) is 73.6 Å². The Morgan fingerprint density at radius 2 is 2.15 bits per heavy atom. The number of nitrogens with one attached hydrogen (secondary N) is 1. The van der Waals surface area contributed by atoms with Gasteiger partial charge in [-0.2, -0.15) is 0 Å². The standard InChI is InChI=1S/C14H11BrN2O3/c15-8-2-1-3-9(4-8)20-12-6-11-13(5-10(12)16)19-7-14(18)17-11/h1-6H,7,16H2,(H,17,18). The molecule has 3 rings (SSSR count). The molecule has 0 fully saturated rings. The molecule has 6 heteroatoms. The second kappa shape index (κ2) is 5.05. The minimum atomic E-state index is -0.198. The molecule has 0 spiro atoms. The van der Waals surface area contributed by atoms with Gasteiger partial charge in [0, 0.05) is 16.6 Å². The van der Waals surface area contributed by atoms with E-state index in [-0.39, 0.29) is 12.5 Å². The van der Waals surface area contributed by atoms with Crippen molar-refractivity contribution < 1.29 is 14.3 Å². The molecule has 2 aromatic rings. The molecule has 0 saturated heterocycles. The maximum Gasteiger partial charge on any atom is 0.262 e. The molecule has 1 amide bonds. The fourth-order valence-corrected chi connectivity index (χ4v) is 2.25. The fraction of sp³-hybridized carbons (Fsp3) is 0.0714. The maximum atomic E-state index is 11.3. The van der Waals surface area contributed by atoms with E-state index in [1.165, 1.54) is 0 Å². The number of benzene rings is 2. The summed E-state index contributed by atoms with van der Waals surface area (Å²) < 4.78 is 11.9. The molecule has 0 atom stereocenters. The van der Waals surface area contributed by atoms with Crippen molar-refractivity contribution >= 4 is 33.2 Å². The van der Waals surface area contributed by atoms with Crippen LogP contribution in [0.1, 0.15) is 0 Å². The van der Waals surface area contributed by atoms with Crippen molar-refractivity contribution in [3.63, 3.8) is 0 Å². The molecule has 0 aliphatic carbocycles. The average molecular weight is 335 g/mol. The monoisotopic (exact) mass is 334 g/mol. The highest BCUT2D eigenvalue weighted by Crippen LogP contribution is 2.38. The van der Waals surface area contributed by atoms with E-state index in [0.29, 0.717) is 28.6 Å². The normalized spacial score (nSPS) is 13.2. The van der Waals surface area contributed by atoms with Crippen molar-refractivity contribution in [3.05, 3.63) is 40.9 Å². The van der Waals surface area contributed by atoms with E-state index in [2.05, 4.69) is 21.2 Å². The van der Waals surface area contributed by atoms with Crippen LogP contribution < -0.4 is 20.5 Å². The van der Waals surface area contributed by atoms with Crippen molar-refractivity contribution in [1.29, 1.82) is 0 Å². The van der Waals surface area contributed by atoms with Crippen molar-refractivity contribution in [3.8, 4) is 17.2 Å². The summed E-state index contributed by atoms with van der Waals surface area (Å²) in [4.78, 5) is 11.3. The number of hydrogen-bond donors (Lipinski definition) is 2. The van der Waals surface area contributed by atoms with Crippen LogP contribution in [0, 0.1) is 0 Å². The second-order valence-corrected chi connectivity index (χ2v) is 5.20. The van der Waals surface area contributed by atoms with E-state index >= 15 is 0 Å². The number of halogens is 1. The van der Waals surface area contributed by atoms with E-state index in [9.17, 15) is 4.79 Å². The highest BCUT2D eigenvalue weighted by atomic mass is 79.9. The largest absolute Gasteiger partial charge is 0.481 e. The van der Waals surface area contributed by atoms with E-state index in [0.717, 1.165) is 4.47 Å². The van der Waals surface area contributed by atoms with Crippen molar-refractivity contribution in [2.45, 2.75) is 0 Å². The van der Waals surface area contributed by atoms with Gasteiger partial charge in [0.2, 0.25) is 0 Å². The third-order valence-corrected chi connectivity index (χ3v) is 3.26. The van der Waals surface area contributed by atoms with Crippen LogP contribution >= 0.6 is 15.9 Å².